The fourth-order valence-electron chi connectivity index (χ4n) is 2.97. The summed E-state index contributed by atoms with van der Waals surface area (Å²) in [4.78, 5) is 11.7. The Morgan fingerprint density at radius 1 is 1.27 bits per heavy atom. The topological polar surface area (TPSA) is 105 Å². The monoisotopic (exact) mass is 420 g/mol. The minimum Gasteiger partial charge on any atom is -0.504 e. The maximum Gasteiger partial charge on any atom is 0.319 e. The van der Waals surface area contributed by atoms with E-state index in [0.29, 0.717) is 24.5 Å². The van der Waals surface area contributed by atoms with Crippen molar-refractivity contribution in [1.29, 1.82) is 0 Å². The van der Waals surface area contributed by atoms with E-state index in [2.05, 4.69) is 10.6 Å². The lowest BCUT2D eigenvalue weighted by molar-refractivity contribution is 0.198. The number of rotatable bonds is 4. The first-order chi connectivity index (χ1) is 12.3. The molecular weight excluding hydrogens is 403 g/mol. The molecule has 0 saturated carbocycles. The Labute approximate surface area is 161 Å². The molecule has 26 heavy (non-hydrogen) atoms. The molecule has 2 amide bonds. The molecule has 142 valence electrons. The van der Waals surface area contributed by atoms with Crippen molar-refractivity contribution in [3.8, 4) is 5.75 Å². The predicted octanol–water partition coefficient (Wildman–Crippen LogP) is 3.01. The van der Waals surface area contributed by atoms with E-state index in [4.69, 9.17) is 27.9 Å². The number of carbonyl (C=O) groups excluding carboxylic acids is 1. The van der Waals surface area contributed by atoms with Crippen molar-refractivity contribution >= 4 is 44.8 Å². The highest BCUT2D eigenvalue weighted by molar-refractivity contribution is 7.92. The van der Waals surface area contributed by atoms with Gasteiger partial charge in [-0.2, -0.15) is 0 Å². The van der Waals surface area contributed by atoms with Crippen LogP contribution in [0.15, 0.2) is 28.1 Å². The number of phenolic OH excluding ortho intramolecular Hbond substituents is 1. The van der Waals surface area contributed by atoms with Gasteiger partial charge in [-0.1, -0.05) is 29.3 Å². The summed E-state index contributed by atoms with van der Waals surface area (Å²) in [7, 11) is -3.90. The lowest BCUT2D eigenvalue weighted by atomic mass is 10.2. The number of amides is 2. The van der Waals surface area contributed by atoms with Crippen molar-refractivity contribution in [2.75, 3.05) is 18.5 Å². The summed E-state index contributed by atoms with van der Waals surface area (Å²) >= 11 is 12.0. The summed E-state index contributed by atoms with van der Waals surface area (Å²) in [5, 5.41) is 15.2. The molecule has 3 N–H and O–H groups in total. The van der Waals surface area contributed by atoms with Crippen LogP contribution in [0.1, 0.15) is 19.3 Å². The third-order valence-corrected chi connectivity index (χ3v) is 7.45. The van der Waals surface area contributed by atoms with E-state index in [9.17, 15) is 18.3 Å². The number of phenols is 1. The van der Waals surface area contributed by atoms with E-state index in [-0.39, 0.29) is 23.4 Å². The van der Waals surface area contributed by atoms with Gasteiger partial charge >= 0.3 is 6.03 Å². The molecule has 0 spiro atoms. The molecule has 1 aliphatic carbocycles. The molecule has 1 aromatic rings. The number of halogens is 2. The molecule has 1 aromatic carbocycles. The summed E-state index contributed by atoms with van der Waals surface area (Å²) in [5.41, 5.74) is -0.0533. The van der Waals surface area contributed by atoms with Gasteiger partial charge in [-0.3, -0.25) is 0 Å². The van der Waals surface area contributed by atoms with Crippen LogP contribution >= 0.6 is 23.2 Å². The third-order valence-electron chi connectivity index (χ3n) is 4.38. The van der Waals surface area contributed by atoms with Gasteiger partial charge in [0.15, 0.2) is 15.6 Å². The van der Waals surface area contributed by atoms with E-state index in [1.54, 1.807) is 0 Å². The standard InChI is InChI=1S/C16H18Cl2N2O5S/c17-10-2-1-3-12(10)19-16(22)20-13-5-4-11(18)15(14(13)21)26(23,24)9-6-7-25-8-9/h2,4-5,9,12,21H,1,3,6-8H2,(H2,19,20,22)/t9?,12-/m1/s1. The molecule has 10 heteroatoms. The van der Waals surface area contributed by atoms with E-state index in [1.165, 1.54) is 12.1 Å². The number of carbonyl (C=O) groups is 1. The normalized spacial score (nSPS) is 22.9. The van der Waals surface area contributed by atoms with E-state index in [0.717, 1.165) is 6.42 Å². The minimum absolute atomic E-state index is 0.0444. The average Bonchev–Trinajstić information content (AvgIpc) is 3.23. The quantitative estimate of drug-likeness (QED) is 0.649. The SMILES string of the molecule is O=C(Nc1ccc(Cl)c(S(=O)(=O)C2CCOC2)c1O)N[C@@H]1CCC=C1Cl. The van der Waals surface area contributed by atoms with Crippen LogP contribution in [0.3, 0.4) is 0 Å². The first-order valence-electron chi connectivity index (χ1n) is 8.07. The van der Waals surface area contributed by atoms with Crippen LogP contribution in [-0.4, -0.2) is 44.1 Å². The lowest BCUT2D eigenvalue weighted by Crippen LogP contribution is -2.37. The molecule has 0 bridgehead atoms. The molecule has 1 saturated heterocycles. The Morgan fingerprint density at radius 3 is 2.65 bits per heavy atom. The van der Waals surface area contributed by atoms with Gasteiger partial charge in [-0.15, -0.1) is 0 Å². The van der Waals surface area contributed by atoms with Gasteiger partial charge in [0.2, 0.25) is 0 Å². The molecule has 0 aromatic heterocycles. The number of hydrogen-bond acceptors (Lipinski definition) is 5. The van der Waals surface area contributed by atoms with Crippen LogP contribution in [0.25, 0.3) is 0 Å². The van der Waals surface area contributed by atoms with Gasteiger partial charge in [0.05, 0.1) is 28.6 Å². The molecule has 2 atom stereocenters. The van der Waals surface area contributed by atoms with Crippen molar-refractivity contribution in [3.63, 3.8) is 0 Å². The second kappa shape index (κ2) is 7.64. The Kier molecular flexibility index (Phi) is 5.67. The highest BCUT2D eigenvalue weighted by Gasteiger charge is 2.35. The molecule has 1 aliphatic heterocycles. The molecule has 2 aliphatic rings. The smallest absolute Gasteiger partial charge is 0.319 e. The first kappa shape index (κ1) is 19.3. The van der Waals surface area contributed by atoms with Gasteiger partial charge < -0.3 is 20.5 Å². The number of ether oxygens (including phenoxy) is 1. The summed E-state index contributed by atoms with van der Waals surface area (Å²) in [6.07, 6.45) is 3.59. The number of benzene rings is 1. The van der Waals surface area contributed by atoms with Crippen molar-refractivity contribution in [2.24, 2.45) is 0 Å². The molecule has 1 unspecified atom stereocenters. The van der Waals surface area contributed by atoms with Crippen LogP contribution < -0.4 is 10.6 Å². The predicted molar refractivity (Wildman–Crippen MR) is 98.6 cm³/mol. The van der Waals surface area contributed by atoms with Crippen molar-refractivity contribution in [2.45, 2.75) is 35.4 Å². The second-order valence-electron chi connectivity index (χ2n) is 6.12. The second-order valence-corrected chi connectivity index (χ2v) is 9.13. The Morgan fingerprint density at radius 2 is 2.04 bits per heavy atom. The van der Waals surface area contributed by atoms with Crippen LogP contribution in [-0.2, 0) is 14.6 Å². The number of sulfone groups is 1. The fraction of sp³-hybridized carbons (Fsp3) is 0.438. The molecule has 0 radical (unpaired) electrons. The summed E-state index contributed by atoms with van der Waals surface area (Å²) in [6.45, 7) is 0.376. The van der Waals surface area contributed by atoms with Gasteiger partial charge in [-0.05, 0) is 31.4 Å². The number of aromatic hydroxyl groups is 1. The molecular formula is C16H18Cl2N2O5S. The van der Waals surface area contributed by atoms with Crippen molar-refractivity contribution in [1.82, 2.24) is 5.32 Å². The van der Waals surface area contributed by atoms with Gasteiger partial charge in [0.25, 0.3) is 0 Å². The Bertz CT molecular complexity index is 850. The Hall–Kier alpha value is -1.48. The van der Waals surface area contributed by atoms with Crippen LogP contribution in [0, 0.1) is 0 Å². The first-order valence-corrected chi connectivity index (χ1v) is 10.4. The van der Waals surface area contributed by atoms with Crippen molar-refractivity contribution < 1.29 is 23.1 Å². The van der Waals surface area contributed by atoms with Crippen LogP contribution in [0.4, 0.5) is 10.5 Å². The minimum atomic E-state index is -3.90. The van der Waals surface area contributed by atoms with Crippen molar-refractivity contribution in [3.05, 3.63) is 28.3 Å². The van der Waals surface area contributed by atoms with E-state index >= 15 is 0 Å². The van der Waals surface area contributed by atoms with Gasteiger partial charge in [0, 0.05) is 11.6 Å². The summed E-state index contributed by atoms with van der Waals surface area (Å²) in [5.74, 6) is -0.590. The molecule has 1 fully saturated rings. The van der Waals surface area contributed by atoms with Crippen LogP contribution in [0.2, 0.25) is 5.02 Å². The number of anilines is 1. The maximum atomic E-state index is 12.8. The number of nitrogens with one attached hydrogen (secondary N) is 2. The highest BCUT2D eigenvalue weighted by Crippen LogP contribution is 2.39. The summed E-state index contributed by atoms with van der Waals surface area (Å²) in [6, 6.07) is 1.76. The molecule has 3 rings (SSSR count). The Balaban J connectivity index is 1.83. The van der Waals surface area contributed by atoms with E-state index < -0.39 is 31.8 Å². The zero-order valence-corrected chi connectivity index (χ0v) is 16.0. The zero-order valence-electron chi connectivity index (χ0n) is 13.7. The van der Waals surface area contributed by atoms with Crippen LogP contribution in [0.5, 0.6) is 5.75 Å². The molecule has 7 nitrogen and oxygen atoms in total. The highest BCUT2D eigenvalue weighted by atomic mass is 35.5. The van der Waals surface area contributed by atoms with E-state index in [1.807, 2.05) is 6.08 Å². The maximum absolute atomic E-state index is 12.8. The fourth-order valence-corrected chi connectivity index (χ4v) is 5.45. The number of urea groups is 1. The summed E-state index contributed by atoms with van der Waals surface area (Å²) < 4.78 is 30.6. The average molecular weight is 421 g/mol. The largest absolute Gasteiger partial charge is 0.504 e. The zero-order chi connectivity index (χ0) is 18.9. The lowest BCUT2D eigenvalue weighted by Gasteiger charge is -2.17. The van der Waals surface area contributed by atoms with Gasteiger partial charge in [0.1, 0.15) is 4.90 Å². The van der Waals surface area contributed by atoms with Gasteiger partial charge in [-0.25, -0.2) is 13.2 Å². The third kappa shape index (κ3) is 3.78. The number of hydrogen-bond donors (Lipinski definition) is 3. The molecule has 1 heterocycles. The number of allylic oxidation sites excluding steroid dienone is 1.